The van der Waals surface area contributed by atoms with Crippen molar-refractivity contribution in [3.63, 3.8) is 0 Å². The van der Waals surface area contributed by atoms with Gasteiger partial charge in [0.2, 0.25) is 5.91 Å². The Labute approximate surface area is 180 Å². The van der Waals surface area contributed by atoms with Crippen molar-refractivity contribution < 1.29 is 29.0 Å². The minimum absolute atomic E-state index is 0.124. The van der Waals surface area contributed by atoms with Crippen LogP contribution in [0.15, 0.2) is 18.2 Å². The number of piperidine rings is 1. The number of anilines is 1. The fourth-order valence-corrected chi connectivity index (χ4v) is 3.59. The number of carbonyl (C=O) groups excluding carboxylic acids is 4. The van der Waals surface area contributed by atoms with Gasteiger partial charge in [0, 0.05) is 32.2 Å². The minimum Gasteiger partial charge on any atom is -0.449 e. The van der Waals surface area contributed by atoms with Crippen molar-refractivity contribution in [1.29, 1.82) is 0 Å². The lowest BCUT2D eigenvalue weighted by Gasteiger charge is -2.33. The SMILES string of the molecule is CC(C)COC(=O)N(C)CCNc1cccc2c1C(=O)N(C1CCC(=O)NC1O)C2=O. The summed E-state index contributed by atoms with van der Waals surface area (Å²) in [6, 6.07) is 4.09. The highest BCUT2D eigenvalue weighted by Gasteiger charge is 2.45. The lowest BCUT2D eigenvalue weighted by Crippen LogP contribution is -2.57. The van der Waals surface area contributed by atoms with Crippen LogP contribution in [0.1, 0.15) is 47.4 Å². The van der Waals surface area contributed by atoms with Gasteiger partial charge in [-0.05, 0) is 24.5 Å². The maximum Gasteiger partial charge on any atom is 0.409 e. The molecule has 0 bridgehead atoms. The van der Waals surface area contributed by atoms with E-state index in [9.17, 15) is 24.3 Å². The van der Waals surface area contributed by atoms with Crippen LogP contribution in [0, 0.1) is 5.92 Å². The minimum atomic E-state index is -1.30. The number of benzene rings is 1. The fraction of sp³-hybridized carbons (Fsp3) is 0.524. The highest BCUT2D eigenvalue weighted by molar-refractivity contribution is 6.24. The van der Waals surface area contributed by atoms with E-state index in [4.69, 9.17) is 4.74 Å². The normalized spacial score (nSPS) is 20.5. The molecule has 10 heteroatoms. The van der Waals surface area contributed by atoms with Crippen molar-refractivity contribution in [2.75, 3.05) is 32.1 Å². The van der Waals surface area contributed by atoms with Crippen molar-refractivity contribution in [2.45, 2.75) is 39.0 Å². The van der Waals surface area contributed by atoms with Gasteiger partial charge in [0.05, 0.1) is 23.8 Å². The summed E-state index contributed by atoms with van der Waals surface area (Å²) in [5.41, 5.74) is 0.932. The third-order valence-electron chi connectivity index (χ3n) is 5.23. The third kappa shape index (κ3) is 4.79. The molecule has 0 aliphatic carbocycles. The number of imide groups is 1. The summed E-state index contributed by atoms with van der Waals surface area (Å²) in [5, 5.41) is 15.6. The van der Waals surface area contributed by atoms with E-state index in [0.29, 0.717) is 25.4 Å². The largest absolute Gasteiger partial charge is 0.449 e. The summed E-state index contributed by atoms with van der Waals surface area (Å²) in [6.07, 6.45) is -1.41. The smallest absolute Gasteiger partial charge is 0.409 e. The molecule has 2 heterocycles. The highest BCUT2D eigenvalue weighted by atomic mass is 16.6. The van der Waals surface area contributed by atoms with E-state index < -0.39 is 30.2 Å². The molecule has 3 rings (SSSR count). The molecule has 168 valence electrons. The number of amides is 4. The van der Waals surface area contributed by atoms with E-state index in [0.717, 1.165) is 4.90 Å². The quantitative estimate of drug-likeness (QED) is 0.549. The van der Waals surface area contributed by atoms with Gasteiger partial charge in [0.15, 0.2) is 0 Å². The summed E-state index contributed by atoms with van der Waals surface area (Å²) >= 11 is 0. The molecule has 1 saturated heterocycles. The molecule has 2 aliphatic rings. The number of fused-ring (bicyclic) bond motifs is 1. The summed E-state index contributed by atoms with van der Waals surface area (Å²) in [6.45, 7) is 4.91. The Hall–Kier alpha value is -3.14. The topological polar surface area (TPSA) is 128 Å². The lowest BCUT2D eigenvalue weighted by molar-refractivity contribution is -0.129. The van der Waals surface area contributed by atoms with Gasteiger partial charge in [-0.2, -0.15) is 0 Å². The van der Waals surface area contributed by atoms with Crippen LogP contribution in [0.5, 0.6) is 0 Å². The number of carbonyl (C=O) groups is 4. The fourth-order valence-electron chi connectivity index (χ4n) is 3.59. The number of ether oxygens (including phenoxy) is 1. The molecule has 1 fully saturated rings. The molecule has 3 N–H and O–H groups in total. The van der Waals surface area contributed by atoms with E-state index >= 15 is 0 Å². The van der Waals surface area contributed by atoms with E-state index in [1.807, 2.05) is 13.8 Å². The molecular weight excluding hydrogens is 404 g/mol. The maximum absolute atomic E-state index is 13.1. The number of aliphatic hydroxyl groups excluding tert-OH is 1. The standard InChI is InChI=1S/C21H28N4O6/c1-12(2)11-31-21(30)24(3)10-9-22-14-6-4-5-13-17(14)20(29)25(19(13)28)15-7-8-16(26)23-18(15)27/h4-6,12,15,18,22,27H,7-11H2,1-3H3,(H,23,26). The number of nitrogens with zero attached hydrogens (tertiary/aromatic N) is 2. The first kappa shape index (κ1) is 22.5. The first-order chi connectivity index (χ1) is 14.7. The second kappa shape index (κ2) is 9.34. The van der Waals surface area contributed by atoms with Gasteiger partial charge in [-0.3, -0.25) is 19.3 Å². The average molecular weight is 432 g/mol. The molecule has 4 amide bonds. The van der Waals surface area contributed by atoms with Crippen LogP contribution in [0.2, 0.25) is 0 Å². The van der Waals surface area contributed by atoms with Crippen LogP contribution in [-0.4, -0.2) is 77.7 Å². The number of hydrogen-bond acceptors (Lipinski definition) is 7. The van der Waals surface area contributed by atoms with Crippen molar-refractivity contribution in [1.82, 2.24) is 15.1 Å². The van der Waals surface area contributed by atoms with Gasteiger partial charge >= 0.3 is 6.09 Å². The first-order valence-corrected chi connectivity index (χ1v) is 10.3. The van der Waals surface area contributed by atoms with E-state index in [1.54, 1.807) is 25.2 Å². The lowest BCUT2D eigenvalue weighted by atomic mass is 10.0. The molecule has 2 atom stereocenters. The Morgan fingerprint density at radius 2 is 2.06 bits per heavy atom. The van der Waals surface area contributed by atoms with E-state index in [2.05, 4.69) is 10.6 Å². The monoisotopic (exact) mass is 432 g/mol. The molecule has 31 heavy (non-hydrogen) atoms. The number of likely N-dealkylation sites (N-methyl/N-ethyl adjacent to an activating group) is 1. The Morgan fingerprint density at radius 1 is 1.32 bits per heavy atom. The van der Waals surface area contributed by atoms with E-state index in [1.165, 1.54) is 4.90 Å². The van der Waals surface area contributed by atoms with Crippen molar-refractivity contribution >= 4 is 29.5 Å². The molecule has 10 nitrogen and oxygen atoms in total. The van der Waals surface area contributed by atoms with Crippen LogP contribution in [-0.2, 0) is 9.53 Å². The molecule has 0 saturated carbocycles. The summed E-state index contributed by atoms with van der Waals surface area (Å²) in [4.78, 5) is 51.8. The average Bonchev–Trinajstić information content (AvgIpc) is 2.97. The Morgan fingerprint density at radius 3 is 2.74 bits per heavy atom. The van der Waals surface area contributed by atoms with Gasteiger partial charge in [0.1, 0.15) is 6.23 Å². The third-order valence-corrected chi connectivity index (χ3v) is 5.23. The number of nitrogens with one attached hydrogen (secondary N) is 2. The molecule has 1 aromatic carbocycles. The van der Waals surface area contributed by atoms with Gasteiger partial charge in [-0.1, -0.05) is 19.9 Å². The maximum atomic E-state index is 13.1. The zero-order chi connectivity index (χ0) is 22.7. The second-order valence-corrected chi connectivity index (χ2v) is 8.15. The Kier molecular flexibility index (Phi) is 6.79. The Balaban J connectivity index is 1.67. The Bertz CT molecular complexity index is 887. The highest BCUT2D eigenvalue weighted by Crippen LogP contribution is 2.32. The molecule has 2 unspecified atom stereocenters. The van der Waals surface area contributed by atoms with Crippen LogP contribution in [0.25, 0.3) is 0 Å². The number of hydrogen-bond donors (Lipinski definition) is 3. The molecule has 0 radical (unpaired) electrons. The van der Waals surface area contributed by atoms with Crippen molar-refractivity contribution in [2.24, 2.45) is 5.92 Å². The zero-order valence-electron chi connectivity index (χ0n) is 17.9. The zero-order valence-corrected chi connectivity index (χ0v) is 17.9. The first-order valence-electron chi connectivity index (χ1n) is 10.3. The van der Waals surface area contributed by atoms with Gasteiger partial charge in [-0.15, -0.1) is 0 Å². The number of aliphatic hydroxyl groups is 1. The molecular formula is C21H28N4O6. The van der Waals surface area contributed by atoms with Crippen LogP contribution < -0.4 is 10.6 Å². The number of rotatable bonds is 7. The van der Waals surface area contributed by atoms with E-state index in [-0.39, 0.29) is 35.8 Å². The molecule has 2 aliphatic heterocycles. The van der Waals surface area contributed by atoms with Crippen LogP contribution in [0.4, 0.5) is 10.5 Å². The van der Waals surface area contributed by atoms with Gasteiger partial charge < -0.3 is 25.4 Å². The van der Waals surface area contributed by atoms with Crippen molar-refractivity contribution in [3.8, 4) is 0 Å². The van der Waals surface area contributed by atoms with Gasteiger partial charge in [-0.25, -0.2) is 4.79 Å². The van der Waals surface area contributed by atoms with Crippen LogP contribution in [0.3, 0.4) is 0 Å². The summed E-state index contributed by atoms with van der Waals surface area (Å²) in [5.74, 6) is -1.10. The molecule has 1 aromatic rings. The van der Waals surface area contributed by atoms with Crippen LogP contribution >= 0.6 is 0 Å². The predicted octanol–water partition coefficient (Wildman–Crippen LogP) is 1.02. The molecule has 0 aromatic heterocycles. The van der Waals surface area contributed by atoms with Gasteiger partial charge in [0.25, 0.3) is 11.8 Å². The summed E-state index contributed by atoms with van der Waals surface area (Å²) < 4.78 is 5.17. The van der Waals surface area contributed by atoms with Crippen molar-refractivity contribution in [3.05, 3.63) is 29.3 Å². The summed E-state index contributed by atoms with van der Waals surface area (Å²) in [7, 11) is 1.62. The second-order valence-electron chi connectivity index (χ2n) is 8.15. The molecule has 0 spiro atoms. The predicted molar refractivity (Wildman–Crippen MR) is 111 cm³/mol.